The van der Waals surface area contributed by atoms with E-state index in [1.165, 1.54) is 0 Å². The molecule has 1 saturated heterocycles. The number of fused-ring (bicyclic) bond motifs is 3. The van der Waals surface area contributed by atoms with Crippen molar-refractivity contribution in [1.82, 2.24) is 15.0 Å². The van der Waals surface area contributed by atoms with Crippen LogP contribution in [0.3, 0.4) is 0 Å². The molecular weight excluding hydrogens is 500 g/mol. The zero-order valence-electron chi connectivity index (χ0n) is 20.1. The van der Waals surface area contributed by atoms with Gasteiger partial charge in [-0.05, 0) is 55.5 Å². The van der Waals surface area contributed by atoms with E-state index >= 15 is 0 Å². The Kier molecular flexibility index (Phi) is 6.45. The van der Waals surface area contributed by atoms with Crippen LogP contribution in [0.25, 0.3) is 22.8 Å². The van der Waals surface area contributed by atoms with Gasteiger partial charge >= 0.3 is 10.4 Å². The number of rotatable bonds is 8. The Morgan fingerprint density at radius 1 is 1.27 bits per heavy atom. The summed E-state index contributed by atoms with van der Waals surface area (Å²) >= 11 is 0. The van der Waals surface area contributed by atoms with Gasteiger partial charge in [-0.2, -0.15) is 18.7 Å². The number of ether oxygens (including phenoxy) is 1. The minimum absolute atomic E-state index is 0.0208. The smallest absolute Gasteiger partial charge is 0.397 e. The first-order valence-corrected chi connectivity index (χ1v) is 13.1. The van der Waals surface area contributed by atoms with Gasteiger partial charge in [0.1, 0.15) is 11.8 Å². The summed E-state index contributed by atoms with van der Waals surface area (Å²) < 4.78 is 46.3. The molecule has 0 radical (unpaired) electrons. The molecule has 0 spiro atoms. The van der Waals surface area contributed by atoms with Crippen molar-refractivity contribution in [2.24, 2.45) is 5.92 Å². The minimum Gasteiger partial charge on any atom is -0.490 e. The van der Waals surface area contributed by atoms with Crippen LogP contribution in [0, 0.1) is 17.2 Å². The average Bonchev–Trinajstić information content (AvgIpc) is 3.53. The first-order chi connectivity index (χ1) is 17.6. The molecule has 0 saturated carbocycles. The molecule has 1 fully saturated rings. The largest absolute Gasteiger partial charge is 0.490 e. The van der Waals surface area contributed by atoms with E-state index in [0.29, 0.717) is 35.5 Å². The molecule has 1 N–H and O–H groups in total. The monoisotopic (exact) mass is 524 g/mol. The second-order valence-electron chi connectivity index (χ2n) is 9.24. The van der Waals surface area contributed by atoms with Crippen molar-refractivity contribution in [1.29, 1.82) is 5.26 Å². The van der Waals surface area contributed by atoms with Crippen molar-refractivity contribution < 1.29 is 31.2 Å². The predicted octanol–water partition coefficient (Wildman–Crippen LogP) is 3.33. The van der Waals surface area contributed by atoms with Gasteiger partial charge in [0.15, 0.2) is 0 Å². The van der Waals surface area contributed by atoms with Gasteiger partial charge in [0.2, 0.25) is 11.7 Å². The fraction of sp³-hybridized carbons (Fsp3) is 0.360. The molecule has 1 aliphatic carbocycles. The van der Waals surface area contributed by atoms with Crippen molar-refractivity contribution in [2.45, 2.75) is 38.8 Å². The number of likely N-dealkylation sites (tertiary alicyclic amines) is 1. The van der Waals surface area contributed by atoms with Gasteiger partial charge in [-0.3, -0.25) is 9.35 Å². The topological polar surface area (TPSA) is 156 Å². The molecule has 5 rings (SSSR count). The highest BCUT2D eigenvalue weighted by atomic mass is 32.3. The third-order valence-corrected chi connectivity index (χ3v) is 6.94. The molecule has 0 bridgehead atoms. The average molecular weight is 525 g/mol. The van der Waals surface area contributed by atoms with Crippen LogP contribution in [0.15, 0.2) is 40.9 Å². The molecular formula is C25H24N4O7S. The highest BCUT2D eigenvalue weighted by molar-refractivity contribution is 7.80. The highest BCUT2D eigenvalue weighted by Gasteiger charge is 2.46. The molecule has 1 aliphatic heterocycles. The van der Waals surface area contributed by atoms with Gasteiger partial charge in [-0.1, -0.05) is 23.4 Å². The summed E-state index contributed by atoms with van der Waals surface area (Å²) in [4.78, 5) is 18.8. The Balaban J connectivity index is 1.42. The Bertz CT molecular complexity index is 1510. The first-order valence-electron chi connectivity index (χ1n) is 11.7. The Labute approximate surface area is 213 Å². The van der Waals surface area contributed by atoms with E-state index in [0.717, 1.165) is 16.7 Å². The summed E-state index contributed by atoms with van der Waals surface area (Å²) in [6.07, 6.45) is 0.875. The van der Waals surface area contributed by atoms with Crippen LogP contribution in [0.5, 0.6) is 5.75 Å². The van der Waals surface area contributed by atoms with Crippen molar-refractivity contribution in [3.63, 3.8) is 0 Å². The minimum atomic E-state index is -4.58. The lowest BCUT2D eigenvalue weighted by molar-refractivity contribution is -0.129. The highest BCUT2D eigenvalue weighted by Crippen LogP contribution is 2.49. The normalized spacial score (nSPS) is 18.7. The molecule has 192 valence electrons. The Morgan fingerprint density at radius 3 is 2.81 bits per heavy atom. The molecule has 3 aromatic rings. The number of carbonyl (C=O) groups is 1. The quantitative estimate of drug-likeness (QED) is 0.434. The van der Waals surface area contributed by atoms with Gasteiger partial charge in [0.05, 0.1) is 24.3 Å². The lowest BCUT2D eigenvalue weighted by Gasteiger charge is -2.25. The maximum absolute atomic E-state index is 12.6. The lowest BCUT2D eigenvalue weighted by Crippen LogP contribution is -2.32. The van der Waals surface area contributed by atoms with E-state index in [1.54, 1.807) is 23.1 Å². The maximum atomic E-state index is 12.6. The third kappa shape index (κ3) is 4.93. The molecule has 37 heavy (non-hydrogen) atoms. The van der Waals surface area contributed by atoms with Crippen molar-refractivity contribution >= 4 is 16.3 Å². The van der Waals surface area contributed by atoms with Crippen LogP contribution < -0.4 is 4.74 Å². The number of benzene rings is 2. The summed E-state index contributed by atoms with van der Waals surface area (Å²) in [5.41, 5.74) is 3.67. The van der Waals surface area contributed by atoms with E-state index in [2.05, 4.69) is 20.4 Å². The second kappa shape index (κ2) is 9.59. The summed E-state index contributed by atoms with van der Waals surface area (Å²) in [6.45, 7) is 3.47. The van der Waals surface area contributed by atoms with E-state index in [1.807, 2.05) is 32.0 Å². The Hall–Kier alpha value is -3.79. The first kappa shape index (κ1) is 24.9. The van der Waals surface area contributed by atoms with Crippen molar-refractivity contribution in [3.05, 3.63) is 53.1 Å². The van der Waals surface area contributed by atoms with Crippen molar-refractivity contribution in [2.75, 3.05) is 13.2 Å². The second-order valence-corrected chi connectivity index (χ2v) is 10.3. The molecule has 12 heteroatoms. The number of hydrogen-bond donors (Lipinski definition) is 1. The van der Waals surface area contributed by atoms with E-state index in [9.17, 15) is 18.5 Å². The number of hydrogen-bond acceptors (Lipinski definition) is 9. The molecule has 2 atom stereocenters. The van der Waals surface area contributed by atoms with Crippen LogP contribution in [0.4, 0.5) is 0 Å². The number of nitrogens with zero attached hydrogens (tertiary/aromatic N) is 4. The molecule has 1 unspecified atom stereocenters. The summed E-state index contributed by atoms with van der Waals surface area (Å²) in [7, 11) is -4.58. The lowest BCUT2D eigenvalue weighted by atomic mass is 10.0. The standard InChI is InChI=1S/C25H24N4O7S/c1-14(2)35-21-7-6-15(10-17(21)13-26)25-27-24(28-36-25)19-5-3-4-18-20(19)11-16-12-22(30)29(23(16)18)8-9-34-37(31,32)33/h3-7,10,14,16,23H,8-9,11-12H2,1-2H3,(H,31,32,33)/t16-,23?/m1/s1. The van der Waals surface area contributed by atoms with Crippen LogP contribution in [-0.4, -0.2) is 53.2 Å². The molecule has 2 aliphatic rings. The number of aromatic nitrogens is 2. The molecule has 11 nitrogen and oxygen atoms in total. The van der Waals surface area contributed by atoms with Crippen LogP contribution in [0.2, 0.25) is 0 Å². The number of amides is 1. The van der Waals surface area contributed by atoms with Gasteiger partial charge < -0.3 is 14.2 Å². The predicted molar refractivity (Wildman–Crippen MR) is 129 cm³/mol. The fourth-order valence-corrected chi connectivity index (χ4v) is 5.40. The molecule has 2 aromatic carbocycles. The van der Waals surface area contributed by atoms with E-state index in [4.69, 9.17) is 13.8 Å². The zero-order valence-corrected chi connectivity index (χ0v) is 20.9. The molecule has 1 amide bonds. The van der Waals surface area contributed by atoms with Gasteiger partial charge in [-0.25, -0.2) is 4.18 Å². The zero-order chi connectivity index (χ0) is 26.3. The van der Waals surface area contributed by atoms with Gasteiger partial charge in [0, 0.05) is 24.1 Å². The fourth-order valence-electron chi connectivity index (χ4n) is 5.11. The van der Waals surface area contributed by atoms with E-state index < -0.39 is 10.4 Å². The summed E-state index contributed by atoms with van der Waals surface area (Å²) in [6, 6.07) is 12.7. The van der Waals surface area contributed by atoms with Gasteiger partial charge in [0.25, 0.3) is 5.89 Å². The van der Waals surface area contributed by atoms with Crippen molar-refractivity contribution in [3.8, 4) is 34.7 Å². The summed E-state index contributed by atoms with van der Waals surface area (Å²) in [5.74, 6) is 1.06. The number of nitriles is 1. The Morgan fingerprint density at radius 2 is 2.08 bits per heavy atom. The third-order valence-electron chi connectivity index (χ3n) is 6.48. The van der Waals surface area contributed by atoms with E-state index in [-0.39, 0.29) is 43.0 Å². The summed E-state index contributed by atoms with van der Waals surface area (Å²) in [5, 5.41) is 13.7. The molecule has 2 heterocycles. The van der Waals surface area contributed by atoms with Crippen LogP contribution in [-0.2, 0) is 25.8 Å². The SMILES string of the molecule is CC(C)Oc1ccc(-c2nc(-c3cccc4c3C[C@@H]3CC(=O)N(CCOS(=O)(=O)O)C43)no2)cc1C#N. The van der Waals surface area contributed by atoms with Gasteiger partial charge in [-0.15, -0.1) is 0 Å². The maximum Gasteiger partial charge on any atom is 0.397 e. The van der Waals surface area contributed by atoms with Crippen LogP contribution >= 0.6 is 0 Å². The van der Waals surface area contributed by atoms with Crippen LogP contribution in [0.1, 0.15) is 43.0 Å². The molecule has 1 aromatic heterocycles. The number of carbonyl (C=O) groups excluding carboxylic acids is 1.